The van der Waals surface area contributed by atoms with E-state index in [-0.39, 0.29) is 12.3 Å². The van der Waals surface area contributed by atoms with Crippen molar-refractivity contribution in [3.05, 3.63) is 75.4 Å². The Kier molecular flexibility index (Phi) is 6.76. The van der Waals surface area contributed by atoms with Crippen LogP contribution in [-0.2, 0) is 17.6 Å². The number of nitrogens with two attached hydrogens (primary N) is 1. The van der Waals surface area contributed by atoms with E-state index < -0.39 is 0 Å². The highest BCUT2D eigenvalue weighted by molar-refractivity contribution is 6.42. The summed E-state index contributed by atoms with van der Waals surface area (Å²) < 4.78 is 1.57. The maximum atomic E-state index is 12.1. The van der Waals surface area contributed by atoms with E-state index in [9.17, 15) is 10.1 Å². The summed E-state index contributed by atoms with van der Waals surface area (Å²) in [5, 5.41) is 17.7. The topological polar surface area (TPSA) is 96.7 Å². The fourth-order valence-corrected chi connectivity index (χ4v) is 3.24. The molecule has 1 aromatic heterocycles. The fraction of sp³-hybridized carbons (Fsp3) is 0.190. The molecule has 0 aliphatic rings. The summed E-state index contributed by atoms with van der Waals surface area (Å²) in [6.45, 7) is 0.461. The molecule has 29 heavy (non-hydrogen) atoms. The summed E-state index contributed by atoms with van der Waals surface area (Å²) in [6, 6.07) is 16.7. The SMILES string of the molecule is N#Cc1c(CCCNC(=O)Cc2ccc(Cl)c(Cl)c2)nn(-c2ccccc2)c1N. The Morgan fingerprint density at radius 1 is 1.17 bits per heavy atom. The molecule has 0 fully saturated rings. The van der Waals surface area contributed by atoms with Gasteiger partial charge in [-0.15, -0.1) is 0 Å². The number of nitrogen functional groups attached to an aromatic ring is 1. The smallest absolute Gasteiger partial charge is 0.224 e. The second-order valence-electron chi connectivity index (χ2n) is 6.44. The normalized spacial score (nSPS) is 10.5. The molecule has 0 spiro atoms. The number of anilines is 1. The number of halogens is 2. The standard InChI is InChI=1S/C21H19Cl2N5O/c22-17-9-8-14(11-18(17)23)12-20(29)26-10-4-7-19-16(13-24)21(25)28(27-19)15-5-2-1-3-6-15/h1-3,5-6,8-9,11H,4,7,10,12,25H2,(H,26,29). The van der Waals surface area contributed by atoms with Crippen molar-refractivity contribution in [3.8, 4) is 11.8 Å². The Morgan fingerprint density at radius 2 is 1.93 bits per heavy atom. The minimum absolute atomic E-state index is 0.113. The number of amides is 1. The molecule has 3 rings (SSSR count). The van der Waals surface area contributed by atoms with Gasteiger partial charge in [0, 0.05) is 6.54 Å². The average molecular weight is 428 g/mol. The summed E-state index contributed by atoms with van der Waals surface area (Å²) in [5.41, 5.74) is 8.67. The van der Waals surface area contributed by atoms with Crippen LogP contribution in [0.3, 0.4) is 0 Å². The Labute approximate surface area is 178 Å². The summed E-state index contributed by atoms with van der Waals surface area (Å²) in [6.07, 6.45) is 1.38. The lowest BCUT2D eigenvalue weighted by Crippen LogP contribution is -2.26. The van der Waals surface area contributed by atoms with Crippen LogP contribution in [0.2, 0.25) is 10.0 Å². The van der Waals surface area contributed by atoms with Crippen molar-refractivity contribution < 1.29 is 4.79 Å². The molecular weight excluding hydrogens is 409 g/mol. The number of carbonyl (C=O) groups is 1. The number of aromatic nitrogens is 2. The van der Waals surface area contributed by atoms with Gasteiger partial charge in [0.05, 0.1) is 27.8 Å². The lowest BCUT2D eigenvalue weighted by Gasteiger charge is -2.06. The number of nitrogens with zero attached hydrogens (tertiary/aromatic N) is 3. The molecule has 0 aliphatic heterocycles. The van der Waals surface area contributed by atoms with E-state index in [1.165, 1.54) is 0 Å². The van der Waals surface area contributed by atoms with E-state index in [1.54, 1.807) is 22.9 Å². The first-order valence-corrected chi connectivity index (χ1v) is 9.78. The molecule has 0 bridgehead atoms. The highest BCUT2D eigenvalue weighted by Gasteiger charge is 2.16. The van der Waals surface area contributed by atoms with Crippen LogP contribution in [0.15, 0.2) is 48.5 Å². The Morgan fingerprint density at radius 3 is 2.62 bits per heavy atom. The van der Waals surface area contributed by atoms with Gasteiger partial charge in [-0.2, -0.15) is 10.4 Å². The lowest BCUT2D eigenvalue weighted by molar-refractivity contribution is -0.120. The van der Waals surface area contributed by atoms with E-state index in [0.717, 1.165) is 11.3 Å². The third-order valence-electron chi connectivity index (χ3n) is 4.37. The average Bonchev–Trinajstić information content (AvgIpc) is 3.04. The van der Waals surface area contributed by atoms with Crippen LogP contribution in [0.1, 0.15) is 23.2 Å². The molecule has 148 valence electrons. The van der Waals surface area contributed by atoms with E-state index in [2.05, 4.69) is 16.5 Å². The molecule has 2 aromatic carbocycles. The molecule has 0 radical (unpaired) electrons. The number of aryl methyl sites for hydroxylation is 1. The number of benzene rings is 2. The van der Waals surface area contributed by atoms with Gasteiger partial charge in [-0.3, -0.25) is 4.79 Å². The second-order valence-corrected chi connectivity index (χ2v) is 7.26. The van der Waals surface area contributed by atoms with Crippen LogP contribution in [0.25, 0.3) is 5.69 Å². The van der Waals surface area contributed by atoms with Gasteiger partial charge in [0.25, 0.3) is 0 Å². The zero-order chi connectivity index (χ0) is 20.8. The molecular formula is C21H19Cl2N5O. The van der Waals surface area contributed by atoms with Gasteiger partial charge >= 0.3 is 0 Å². The Balaban J connectivity index is 1.56. The first-order chi connectivity index (χ1) is 14.0. The fourth-order valence-electron chi connectivity index (χ4n) is 2.92. The van der Waals surface area contributed by atoms with Crippen molar-refractivity contribution in [2.24, 2.45) is 0 Å². The summed E-state index contributed by atoms with van der Waals surface area (Å²) >= 11 is 11.9. The van der Waals surface area contributed by atoms with Gasteiger partial charge in [0.1, 0.15) is 17.5 Å². The first-order valence-electron chi connectivity index (χ1n) is 9.03. The molecule has 0 saturated carbocycles. The number of rotatable bonds is 7. The molecule has 8 heteroatoms. The summed E-state index contributed by atoms with van der Waals surface area (Å²) in [4.78, 5) is 12.1. The van der Waals surface area contributed by atoms with Crippen molar-refractivity contribution in [3.63, 3.8) is 0 Å². The molecule has 3 N–H and O–H groups in total. The number of carbonyl (C=O) groups excluding carboxylic acids is 1. The van der Waals surface area contributed by atoms with E-state index >= 15 is 0 Å². The third kappa shape index (κ3) is 5.08. The molecule has 0 atom stereocenters. The molecule has 1 heterocycles. The first kappa shape index (κ1) is 20.7. The number of hydrogen-bond donors (Lipinski definition) is 2. The number of nitriles is 1. The zero-order valence-electron chi connectivity index (χ0n) is 15.5. The number of nitrogens with one attached hydrogen (secondary N) is 1. The van der Waals surface area contributed by atoms with Crippen LogP contribution in [0.5, 0.6) is 0 Å². The second kappa shape index (κ2) is 9.46. The van der Waals surface area contributed by atoms with Crippen molar-refractivity contribution in [2.45, 2.75) is 19.3 Å². The largest absolute Gasteiger partial charge is 0.382 e. The number of para-hydroxylation sites is 1. The quantitative estimate of drug-likeness (QED) is 0.558. The predicted octanol–water partition coefficient (Wildman–Crippen LogP) is 3.92. The van der Waals surface area contributed by atoms with E-state index in [1.807, 2.05) is 30.3 Å². The van der Waals surface area contributed by atoms with Crippen molar-refractivity contribution >= 4 is 34.9 Å². The van der Waals surface area contributed by atoms with Crippen LogP contribution in [-0.4, -0.2) is 22.2 Å². The zero-order valence-corrected chi connectivity index (χ0v) is 17.0. The van der Waals surface area contributed by atoms with Crippen LogP contribution < -0.4 is 11.1 Å². The van der Waals surface area contributed by atoms with Crippen LogP contribution in [0.4, 0.5) is 5.82 Å². The van der Waals surface area contributed by atoms with Crippen molar-refractivity contribution in [2.75, 3.05) is 12.3 Å². The lowest BCUT2D eigenvalue weighted by atomic mass is 10.1. The highest BCUT2D eigenvalue weighted by atomic mass is 35.5. The van der Waals surface area contributed by atoms with Gasteiger partial charge in [0.2, 0.25) is 5.91 Å². The monoisotopic (exact) mass is 427 g/mol. The van der Waals surface area contributed by atoms with Gasteiger partial charge in [-0.05, 0) is 42.7 Å². The van der Waals surface area contributed by atoms with Crippen LogP contribution in [0, 0.1) is 11.3 Å². The van der Waals surface area contributed by atoms with Gasteiger partial charge < -0.3 is 11.1 Å². The third-order valence-corrected chi connectivity index (χ3v) is 5.11. The minimum atomic E-state index is -0.113. The molecule has 3 aromatic rings. The number of hydrogen-bond acceptors (Lipinski definition) is 4. The summed E-state index contributed by atoms with van der Waals surface area (Å²) in [5.74, 6) is 0.204. The molecule has 0 saturated heterocycles. The Hall–Kier alpha value is -3.01. The predicted molar refractivity (Wildman–Crippen MR) is 114 cm³/mol. The minimum Gasteiger partial charge on any atom is -0.382 e. The van der Waals surface area contributed by atoms with Crippen molar-refractivity contribution in [1.29, 1.82) is 5.26 Å². The highest BCUT2D eigenvalue weighted by Crippen LogP contribution is 2.23. The van der Waals surface area contributed by atoms with E-state index in [0.29, 0.717) is 46.5 Å². The van der Waals surface area contributed by atoms with Gasteiger partial charge in [0.15, 0.2) is 0 Å². The molecule has 6 nitrogen and oxygen atoms in total. The van der Waals surface area contributed by atoms with E-state index in [4.69, 9.17) is 28.9 Å². The molecule has 0 unspecified atom stereocenters. The summed E-state index contributed by atoms with van der Waals surface area (Å²) in [7, 11) is 0. The Bertz CT molecular complexity index is 1060. The maximum absolute atomic E-state index is 12.1. The van der Waals surface area contributed by atoms with Crippen LogP contribution >= 0.6 is 23.2 Å². The maximum Gasteiger partial charge on any atom is 0.224 e. The van der Waals surface area contributed by atoms with Crippen molar-refractivity contribution in [1.82, 2.24) is 15.1 Å². The molecule has 1 amide bonds. The van der Waals surface area contributed by atoms with Gasteiger partial charge in [-0.25, -0.2) is 4.68 Å². The molecule has 0 aliphatic carbocycles. The van der Waals surface area contributed by atoms with Gasteiger partial charge in [-0.1, -0.05) is 47.5 Å².